The van der Waals surface area contributed by atoms with Gasteiger partial charge in [0.15, 0.2) is 0 Å². The highest BCUT2D eigenvalue weighted by Crippen LogP contribution is 2.17. The van der Waals surface area contributed by atoms with Gasteiger partial charge in [-0.2, -0.15) is 0 Å². The van der Waals surface area contributed by atoms with Crippen LogP contribution in [0.15, 0.2) is 37.5 Å². The lowest BCUT2D eigenvalue weighted by Gasteiger charge is -2.07. The van der Waals surface area contributed by atoms with Crippen molar-refractivity contribution in [3.05, 3.63) is 37.5 Å². The number of hydrogen-bond acceptors (Lipinski definition) is 0. The maximum atomic E-state index is 3.00. The summed E-state index contributed by atoms with van der Waals surface area (Å²) in [4.78, 5) is 0. The van der Waals surface area contributed by atoms with Crippen LogP contribution in [-0.4, -0.2) is 0 Å². The molecule has 0 saturated heterocycles. The fraction of sp³-hybridized carbons (Fsp3) is 0.400. The molecule has 1 aliphatic rings. The van der Waals surface area contributed by atoms with Gasteiger partial charge in [0.2, 0.25) is 0 Å². The molecule has 0 aliphatic heterocycles. The molecule has 0 aromatic carbocycles. The van der Waals surface area contributed by atoms with Gasteiger partial charge in [-0.15, -0.1) is 13.2 Å². The van der Waals surface area contributed by atoms with E-state index in [9.17, 15) is 0 Å². The van der Waals surface area contributed by atoms with Crippen LogP contribution in [-0.2, 0) is 0 Å². The third-order valence-corrected chi connectivity index (χ3v) is 1.55. The average molecular weight is 136 g/mol. The van der Waals surface area contributed by atoms with Crippen LogP contribution < -0.4 is 0 Å². The highest BCUT2D eigenvalue weighted by atomic mass is 14.1. The molecular formula is C10H16. The van der Waals surface area contributed by atoms with E-state index < -0.39 is 0 Å². The summed E-state index contributed by atoms with van der Waals surface area (Å²) >= 11 is 0. The Bertz CT molecular complexity index is 117. The monoisotopic (exact) mass is 136 g/mol. The molecule has 1 aliphatic carbocycles. The lowest BCUT2D eigenvalue weighted by molar-refractivity contribution is 0.555. The number of rotatable bonds is 1. The van der Waals surface area contributed by atoms with Crippen molar-refractivity contribution >= 4 is 0 Å². The summed E-state index contributed by atoms with van der Waals surface area (Å²) in [7, 11) is 0. The van der Waals surface area contributed by atoms with Crippen LogP contribution in [0, 0.1) is 11.8 Å². The second kappa shape index (κ2) is 5.04. The van der Waals surface area contributed by atoms with Gasteiger partial charge < -0.3 is 0 Å². The van der Waals surface area contributed by atoms with Crippen LogP contribution >= 0.6 is 0 Å². The Hall–Kier alpha value is -0.780. The Balaban J connectivity index is 0.000000371. The van der Waals surface area contributed by atoms with Crippen molar-refractivity contribution in [2.24, 2.45) is 11.8 Å². The zero-order chi connectivity index (χ0) is 7.98. The first-order valence-corrected chi connectivity index (χ1v) is 3.65. The Morgan fingerprint density at radius 2 is 1.50 bits per heavy atom. The Kier molecular flexibility index (Phi) is 4.65. The van der Waals surface area contributed by atoms with E-state index in [0.29, 0.717) is 5.92 Å². The van der Waals surface area contributed by atoms with Crippen molar-refractivity contribution in [1.82, 2.24) is 0 Å². The molecule has 0 nitrogen and oxygen atoms in total. The molecule has 0 radical (unpaired) electrons. The molecule has 0 spiro atoms. The predicted octanol–water partition coefficient (Wildman–Crippen LogP) is 3.19. The minimum atomic E-state index is 0.704. The van der Waals surface area contributed by atoms with E-state index in [1.807, 2.05) is 0 Å². The summed E-state index contributed by atoms with van der Waals surface area (Å²) in [6.07, 6.45) is 8.71. The normalized spacial score (nSPS) is 15.5. The fourth-order valence-corrected chi connectivity index (χ4v) is 0.893. The minimum Gasteiger partial charge on any atom is -0.106 e. The summed E-state index contributed by atoms with van der Waals surface area (Å²) in [5.74, 6) is 1.47. The topological polar surface area (TPSA) is 0 Å². The third kappa shape index (κ3) is 2.67. The van der Waals surface area contributed by atoms with E-state index in [-0.39, 0.29) is 0 Å². The summed E-state index contributed by atoms with van der Waals surface area (Å²) in [5, 5.41) is 0. The quantitative estimate of drug-likeness (QED) is 0.486. The lowest BCUT2D eigenvalue weighted by Crippen LogP contribution is -1.98. The minimum absolute atomic E-state index is 0.704. The maximum Gasteiger partial charge on any atom is -0.00242 e. The highest BCUT2D eigenvalue weighted by molar-refractivity contribution is 5.17. The molecule has 1 rings (SSSR count). The van der Waals surface area contributed by atoms with Gasteiger partial charge in [0.1, 0.15) is 0 Å². The van der Waals surface area contributed by atoms with Gasteiger partial charge >= 0.3 is 0 Å². The molecule has 0 N–H and O–H groups in total. The van der Waals surface area contributed by atoms with E-state index in [1.165, 1.54) is 0 Å². The van der Waals surface area contributed by atoms with E-state index in [1.54, 1.807) is 0 Å². The molecule has 0 aromatic rings. The summed E-state index contributed by atoms with van der Waals surface area (Å²) in [6.45, 7) is 10.5. The standard InChI is InChI=1S/C8H12.C2H4/c1-7(2)8-5-3-4-6-8;1-2/h3-8H,1-2H3;1-2H2. The Labute approximate surface area is 64.0 Å². The molecule has 0 heteroatoms. The molecule has 0 fully saturated rings. The largest absolute Gasteiger partial charge is 0.106 e. The van der Waals surface area contributed by atoms with Crippen LogP contribution in [0.5, 0.6) is 0 Å². The lowest BCUT2D eigenvalue weighted by atomic mass is 9.98. The first-order chi connectivity index (χ1) is 4.80. The number of hydrogen-bond donors (Lipinski definition) is 0. The highest BCUT2D eigenvalue weighted by Gasteiger charge is 2.06. The van der Waals surface area contributed by atoms with E-state index in [2.05, 4.69) is 51.3 Å². The average Bonchev–Trinajstić information content (AvgIpc) is 2.42. The van der Waals surface area contributed by atoms with Gasteiger partial charge in [-0.05, 0) is 11.8 Å². The van der Waals surface area contributed by atoms with Gasteiger partial charge in [0.05, 0.1) is 0 Å². The van der Waals surface area contributed by atoms with Crippen molar-refractivity contribution in [1.29, 1.82) is 0 Å². The van der Waals surface area contributed by atoms with E-state index >= 15 is 0 Å². The zero-order valence-corrected chi connectivity index (χ0v) is 6.88. The first kappa shape index (κ1) is 9.22. The van der Waals surface area contributed by atoms with Gasteiger partial charge in [-0.25, -0.2) is 0 Å². The second-order valence-electron chi connectivity index (χ2n) is 2.59. The van der Waals surface area contributed by atoms with Crippen molar-refractivity contribution < 1.29 is 0 Å². The maximum absolute atomic E-state index is 3.00. The molecule has 0 atom stereocenters. The fourth-order valence-electron chi connectivity index (χ4n) is 0.893. The SMILES string of the molecule is C=C.CC(C)C1C=CC=C1. The van der Waals surface area contributed by atoms with Crippen LogP contribution in [0.1, 0.15) is 13.8 Å². The van der Waals surface area contributed by atoms with E-state index in [0.717, 1.165) is 5.92 Å². The van der Waals surface area contributed by atoms with Gasteiger partial charge in [0.25, 0.3) is 0 Å². The van der Waals surface area contributed by atoms with Crippen LogP contribution in [0.2, 0.25) is 0 Å². The molecule has 0 saturated carbocycles. The molecule has 0 amide bonds. The molecule has 10 heavy (non-hydrogen) atoms. The smallest absolute Gasteiger partial charge is 0.00242 e. The molecular weight excluding hydrogens is 120 g/mol. The Morgan fingerprint density at radius 3 is 1.70 bits per heavy atom. The van der Waals surface area contributed by atoms with Crippen molar-refractivity contribution in [2.75, 3.05) is 0 Å². The molecule has 0 aromatic heterocycles. The molecule has 0 heterocycles. The molecule has 56 valence electrons. The van der Waals surface area contributed by atoms with Crippen LogP contribution in [0.3, 0.4) is 0 Å². The predicted molar refractivity (Wildman–Crippen MR) is 47.9 cm³/mol. The van der Waals surface area contributed by atoms with Crippen LogP contribution in [0.4, 0.5) is 0 Å². The van der Waals surface area contributed by atoms with Crippen molar-refractivity contribution in [3.8, 4) is 0 Å². The summed E-state index contributed by atoms with van der Waals surface area (Å²) < 4.78 is 0. The second-order valence-corrected chi connectivity index (χ2v) is 2.59. The Morgan fingerprint density at radius 1 is 1.10 bits per heavy atom. The molecule has 0 unspecified atom stereocenters. The summed E-state index contributed by atoms with van der Waals surface area (Å²) in [5.41, 5.74) is 0. The molecule has 0 bridgehead atoms. The number of allylic oxidation sites excluding steroid dienone is 4. The third-order valence-electron chi connectivity index (χ3n) is 1.55. The summed E-state index contributed by atoms with van der Waals surface area (Å²) in [6, 6.07) is 0. The van der Waals surface area contributed by atoms with Gasteiger partial charge in [-0.1, -0.05) is 38.2 Å². The zero-order valence-electron chi connectivity index (χ0n) is 6.88. The van der Waals surface area contributed by atoms with Gasteiger partial charge in [-0.3, -0.25) is 0 Å². The first-order valence-electron chi connectivity index (χ1n) is 3.65. The van der Waals surface area contributed by atoms with Crippen LogP contribution in [0.25, 0.3) is 0 Å². The van der Waals surface area contributed by atoms with Crippen molar-refractivity contribution in [3.63, 3.8) is 0 Å². The van der Waals surface area contributed by atoms with E-state index in [4.69, 9.17) is 0 Å². The van der Waals surface area contributed by atoms with Crippen molar-refractivity contribution in [2.45, 2.75) is 13.8 Å². The van der Waals surface area contributed by atoms with Gasteiger partial charge in [0, 0.05) is 0 Å².